The second-order valence-corrected chi connectivity index (χ2v) is 11.6. The first-order chi connectivity index (χ1) is 19.0. The summed E-state index contributed by atoms with van der Waals surface area (Å²) in [4.78, 5) is 28.5. The van der Waals surface area contributed by atoms with Crippen LogP contribution in [0.1, 0.15) is 31.9 Å². The smallest absolute Gasteiger partial charge is 0.264 e. The van der Waals surface area contributed by atoms with E-state index >= 15 is 0 Å². The van der Waals surface area contributed by atoms with Crippen molar-refractivity contribution in [1.82, 2.24) is 10.2 Å². The van der Waals surface area contributed by atoms with Gasteiger partial charge in [-0.3, -0.25) is 13.9 Å². The lowest BCUT2D eigenvalue weighted by Crippen LogP contribution is -2.52. The van der Waals surface area contributed by atoms with Gasteiger partial charge in [-0.25, -0.2) is 8.42 Å². The Morgan fingerprint density at radius 3 is 2.20 bits per heavy atom. The van der Waals surface area contributed by atoms with Gasteiger partial charge in [-0.2, -0.15) is 0 Å². The number of hydrogen-bond donors (Lipinski definition) is 1. The number of nitrogens with one attached hydrogen (secondary N) is 1. The standard InChI is InChI=1S/C30H37N3O6S/c1-21(2)31-30(35)23(4)32(19-24-12-10-11-22(3)17-24)29(34)20-33(40(36,37)26-13-8-7-9-14-26)27-18-25(38-5)15-16-28(27)39-6/h7-18,21,23H,19-20H2,1-6H3,(H,31,35). The largest absolute Gasteiger partial charge is 0.497 e. The van der Waals surface area contributed by atoms with Gasteiger partial charge in [-0.15, -0.1) is 0 Å². The molecule has 1 N–H and O–H groups in total. The van der Waals surface area contributed by atoms with Crippen molar-refractivity contribution in [1.29, 1.82) is 0 Å². The van der Waals surface area contributed by atoms with E-state index in [2.05, 4.69) is 5.32 Å². The third kappa shape index (κ3) is 7.32. The normalized spacial score (nSPS) is 12.0. The van der Waals surface area contributed by atoms with Crippen molar-refractivity contribution in [2.45, 2.75) is 51.2 Å². The minimum atomic E-state index is -4.24. The van der Waals surface area contributed by atoms with E-state index in [1.165, 1.54) is 37.3 Å². The van der Waals surface area contributed by atoms with Crippen LogP contribution in [0.5, 0.6) is 11.5 Å². The highest BCUT2D eigenvalue weighted by atomic mass is 32.2. The number of benzene rings is 3. The Morgan fingerprint density at radius 1 is 0.900 bits per heavy atom. The number of ether oxygens (including phenoxy) is 2. The van der Waals surface area contributed by atoms with Crippen molar-refractivity contribution in [3.63, 3.8) is 0 Å². The molecular formula is C30H37N3O6S. The number of sulfonamides is 1. The van der Waals surface area contributed by atoms with Crippen molar-refractivity contribution in [2.24, 2.45) is 0 Å². The lowest BCUT2D eigenvalue weighted by molar-refractivity contribution is -0.139. The summed E-state index contributed by atoms with van der Waals surface area (Å²) in [6, 6.07) is 19.2. The molecule has 1 unspecified atom stereocenters. The fourth-order valence-corrected chi connectivity index (χ4v) is 5.66. The molecule has 1 atom stereocenters. The second kappa shape index (κ2) is 13.3. The molecule has 0 saturated carbocycles. The predicted octanol–water partition coefficient (Wildman–Crippen LogP) is 4.15. The molecule has 0 spiro atoms. The fraction of sp³-hybridized carbons (Fsp3) is 0.333. The number of carbonyl (C=O) groups is 2. The summed E-state index contributed by atoms with van der Waals surface area (Å²) in [5, 5.41) is 2.85. The van der Waals surface area contributed by atoms with Crippen molar-refractivity contribution in [3.05, 3.63) is 83.9 Å². The van der Waals surface area contributed by atoms with E-state index in [1.807, 2.05) is 45.0 Å². The van der Waals surface area contributed by atoms with Gasteiger partial charge in [0.2, 0.25) is 11.8 Å². The Balaban J connectivity index is 2.11. The van der Waals surface area contributed by atoms with Gasteiger partial charge >= 0.3 is 0 Å². The van der Waals surface area contributed by atoms with Crippen molar-refractivity contribution >= 4 is 27.5 Å². The van der Waals surface area contributed by atoms with Gasteiger partial charge in [0, 0.05) is 18.7 Å². The van der Waals surface area contributed by atoms with Gasteiger partial charge in [-0.1, -0.05) is 48.0 Å². The number of amides is 2. The van der Waals surface area contributed by atoms with E-state index in [-0.39, 0.29) is 34.8 Å². The van der Waals surface area contributed by atoms with Gasteiger partial charge in [0.15, 0.2) is 0 Å². The molecule has 214 valence electrons. The Kier molecular flexibility index (Phi) is 10.2. The first-order valence-electron chi connectivity index (χ1n) is 12.9. The molecule has 0 aliphatic carbocycles. The van der Waals surface area contributed by atoms with E-state index in [4.69, 9.17) is 9.47 Å². The van der Waals surface area contributed by atoms with Crippen molar-refractivity contribution in [3.8, 4) is 11.5 Å². The lowest BCUT2D eigenvalue weighted by Gasteiger charge is -2.32. The summed E-state index contributed by atoms with van der Waals surface area (Å²) in [5.74, 6) is -0.272. The molecule has 40 heavy (non-hydrogen) atoms. The van der Waals surface area contributed by atoms with Crippen LogP contribution in [-0.4, -0.2) is 58.0 Å². The number of rotatable bonds is 12. The minimum Gasteiger partial charge on any atom is -0.497 e. The molecule has 0 heterocycles. The molecule has 2 amide bonds. The van der Waals surface area contributed by atoms with Crippen LogP contribution >= 0.6 is 0 Å². The van der Waals surface area contributed by atoms with E-state index in [0.717, 1.165) is 15.4 Å². The predicted molar refractivity (Wildman–Crippen MR) is 155 cm³/mol. The number of nitrogens with zero attached hydrogens (tertiary/aromatic N) is 2. The zero-order valence-electron chi connectivity index (χ0n) is 23.7. The van der Waals surface area contributed by atoms with E-state index < -0.39 is 28.5 Å². The molecule has 10 heteroatoms. The molecule has 9 nitrogen and oxygen atoms in total. The number of methoxy groups -OCH3 is 2. The molecule has 0 fully saturated rings. The highest BCUT2D eigenvalue weighted by Crippen LogP contribution is 2.36. The average molecular weight is 568 g/mol. The monoisotopic (exact) mass is 567 g/mol. The van der Waals surface area contributed by atoms with Gasteiger partial charge in [0.1, 0.15) is 24.1 Å². The van der Waals surface area contributed by atoms with Crippen LogP contribution in [0, 0.1) is 6.92 Å². The number of aryl methyl sites for hydroxylation is 1. The van der Waals surface area contributed by atoms with E-state index in [0.29, 0.717) is 5.75 Å². The summed E-state index contributed by atoms with van der Waals surface area (Å²) < 4.78 is 39.8. The molecule has 0 radical (unpaired) electrons. The summed E-state index contributed by atoms with van der Waals surface area (Å²) in [6.07, 6.45) is 0. The van der Waals surface area contributed by atoms with Crippen LogP contribution in [0.15, 0.2) is 77.7 Å². The Labute approximate surface area is 236 Å². The topological polar surface area (TPSA) is 105 Å². The summed E-state index contributed by atoms with van der Waals surface area (Å²) in [6.45, 7) is 6.77. The first-order valence-corrected chi connectivity index (χ1v) is 14.4. The maximum atomic E-state index is 14.0. The summed E-state index contributed by atoms with van der Waals surface area (Å²) in [5.41, 5.74) is 1.95. The first kappa shape index (κ1) is 30.5. The molecule has 0 aliphatic rings. The van der Waals surface area contributed by atoms with Crippen LogP contribution in [0.25, 0.3) is 0 Å². The molecule has 0 aliphatic heterocycles. The molecule has 3 rings (SSSR count). The zero-order chi connectivity index (χ0) is 29.4. The van der Waals surface area contributed by atoms with E-state index in [9.17, 15) is 18.0 Å². The van der Waals surface area contributed by atoms with Gasteiger partial charge in [-0.05, 0) is 57.5 Å². The van der Waals surface area contributed by atoms with Crippen LogP contribution < -0.4 is 19.1 Å². The van der Waals surface area contributed by atoms with Gasteiger partial charge in [0.25, 0.3) is 10.0 Å². The Hall–Kier alpha value is -4.05. The van der Waals surface area contributed by atoms with Gasteiger partial charge < -0.3 is 19.7 Å². The van der Waals surface area contributed by atoms with Crippen LogP contribution in [0.2, 0.25) is 0 Å². The fourth-order valence-electron chi connectivity index (χ4n) is 4.22. The minimum absolute atomic E-state index is 0.00325. The summed E-state index contributed by atoms with van der Waals surface area (Å²) in [7, 11) is -1.35. The summed E-state index contributed by atoms with van der Waals surface area (Å²) >= 11 is 0. The zero-order valence-corrected chi connectivity index (χ0v) is 24.6. The Bertz CT molecular complexity index is 1430. The molecular weight excluding hydrogens is 530 g/mol. The maximum Gasteiger partial charge on any atom is 0.264 e. The lowest BCUT2D eigenvalue weighted by atomic mass is 10.1. The maximum absolute atomic E-state index is 14.0. The third-order valence-electron chi connectivity index (χ3n) is 6.30. The quantitative estimate of drug-likeness (QED) is 0.353. The highest BCUT2D eigenvalue weighted by Gasteiger charge is 2.34. The molecule has 3 aromatic carbocycles. The molecule has 0 saturated heterocycles. The van der Waals surface area contributed by atoms with Crippen molar-refractivity contribution in [2.75, 3.05) is 25.1 Å². The second-order valence-electron chi connectivity index (χ2n) is 9.71. The number of carbonyl (C=O) groups excluding carboxylic acids is 2. The average Bonchev–Trinajstić information content (AvgIpc) is 2.93. The van der Waals surface area contributed by atoms with Crippen LogP contribution in [-0.2, 0) is 26.2 Å². The number of hydrogen-bond acceptors (Lipinski definition) is 6. The van der Waals surface area contributed by atoms with Crippen LogP contribution in [0.3, 0.4) is 0 Å². The van der Waals surface area contributed by atoms with E-state index in [1.54, 1.807) is 37.3 Å². The highest BCUT2D eigenvalue weighted by molar-refractivity contribution is 7.92. The third-order valence-corrected chi connectivity index (χ3v) is 8.07. The molecule has 0 bridgehead atoms. The van der Waals surface area contributed by atoms with Crippen LogP contribution in [0.4, 0.5) is 5.69 Å². The van der Waals surface area contributed by atoms with Crippen molar-refractivity contribution < 1.29 is 27.5 Å². The Morgan fingerprint density at radius 2 is 1.60 bits per heavy atom. The SMILES string of the molecule is COc1ccc(OC)c(N(CC(=O)N(Cc2cccc(C)c2)C(C)C(=O)NC(C)C)S(=O)(=O)c2ccccc2)c1. The molecule has 3 aromatic rings. The van der Waals surface area contributed by atoms with Gasteiger partial charge in [0.05, 0.1) is 24.8 Å². The molecule has 0 aromatic heterocycles. The number of anilines is 1.